The summed E-state index contributed by atoms with van der Waals surface area (Å²) in [6, 6.07) is 11.5. The van der Waals surface area contributed by atoms with Gasteiger partial charge in [-0.2, -0.15) is 0 Å². The monoisotopic (exact) mass is 335 g/mol. The lowest BCUT2D eigenvalue weighted by atomic mass is 10.3. The van der Waals surface area contributed by atoms with Crippen LogP contribution < -0.4 is 14.8 Å². The van der Waals surface area contributed by atoms with Crippen molar-refractivity contribution in [1.82, 2.24) is 0 Å². The largest absolute Gasteiger partial charge is 0.493 e. The predicted octanol–water partition coefficient (Wildman–Crippen LogP) is 3.96. The van der Waals surface area contributed by atoms with Crippen LogP contribution in [0.1, 0.15) is 6.92 Å². The predicted molar refractivity (Wildman–Crippen MR) is 89.9 cm³/mol. The lowest BCUT2D eigenvalue weighted by Crippen LogP contribution is -2.22. The van der Waals surface area contributed by atoms with Crippen LogP contribution in [0.2, 0.25) is 0 Å². The van der Waals surface area contributed by atoms with Crippen LogP contribution in [0, 0.1) is 5.82 Å². The third-order valence-corrected chi connectivity index (χ3v) is 4.26. The van der Waals surface area contributed by atoms with E-state index in [0.717, 1.165) is 4.90 Å². The van der Waals surface area contributed by atoms with Gasteiger partial charge in [-0.3, -0.25) is 4.79 Å². The number of benzene rings is 2. The number of hydrogen-bond donors (Lipinski definition) is 1. The molecular weight excluding hydrogens is 317 g/mol. The van der Waals surface area contributed by atoms with Gasteiger partial charge in [0.25, 0.3) is 0 Å². The Hall–Kier alpha value is -2.21. The van der Waals surface area contributed by atoms with Crippen molar-refractivity contribution in [3.8, 4) is 11.5 Å². The Balaban J connectivity index is 2.05. The van der Waals surface area contributed by atoms with Gasteiger partial charge >= 0.3 is 0 Å². The van der Waals surface area contributed by atoms with Crippen LogP contribution in [-0.4, -0.2) is 25.4 Å². The molecule has 2 aromatic carbocycles. The summed E-state index contributed by atoms with van der Waals surface area (Å²) < 4.78 is 24.0. The fraction of sp³-hybridized carbons (Fsp3) is 0.235. The van der Waals surface area contributed by atoms with Gasteiger partial charge < -0.3 is 14.8 Å². The number of methoxy groups -OCH3 is 2. The average Bonchev–Trinajstić information content (AvgIpc) is 2.56. The fourth-order valence-corrected chi connectivity index (χ4v) is 2.84. The molecule has 0 bridgehead atoms. The van der Waals surface area contributed by atoms with E-state index in [0.29, 0.717) is 11.5 Å². The summed E-state index contributed by atoms with van der Waals surface area (Å²) in [5.74, 6) is 0.499. The van der Waals surface area contributed by atoms with Crippen LogP contribution >= 0.6 is 11.8 Å². The maximum Gasteiger partial charge on any atom is 0.237 e. The van der Waals surface area contributed by atoms with Crippen LogP contribution in [0.4, 0.5) is 10.1 Å². The van der Waals surface area contributed by atoms with E-state index in [1.54, 1.807) is 45.4 Å². The highest BCUT2D eigenvalue weighted by molar-refractivity contribution is 8.00. The molecular formula is C17H18FNO3S. The van der Waals surface area contributed by atoms with Crippen molar-refractivity contribution in [2.45, 2.75) is 17.1 Å². The molecule has 0 aliphatic rings. The van der Waals surface area contributed by atoms with E-state index < -0.39 is 11.1 Å². The minimum absolute atomic E-state index is 0.178. The number of amides is 1. The molecule has 0 saturated heterocycles. The zero-order chi connectivity index (χ0) is 16.8. The van der Waals surface area contributed by atoms with Gasteiger partial charge in [0.15, 0.2) is 11.5 Å². The standard InChI is InChI=1S/C17H18FNO3S/c1-11(17(20)19-14-7-5-4-6-13(14)18)23-12-8-9-15(21-2)16(10-12)22-3/h4-11H,1-3H3,(H,19,20)/t11-/m0/s1. The molecule has 0 unspecified atom stereocenters. The number of hydrogen-bond acceptors (Lipinski definition) is 4. The van der Waals surface area contributed by atoms with Crippen molar-refractivity contribution in [3.05, 3.63) is 48.3 Å². The molecule has 0 aliphatic heterocycles. The van der Waals surface area contributed by atoms with E-state index in [1.807, 2.05) is 6.07 Å². The number of ether oxygens (including phenoxy) is 2. The maximum atomic E-state index is 13.6. The second-order valence-electron chi connectivity index (χ2n) is 4.75. The second-order valence-corrected chi connectivity index (χ2v) is 6.16. The number of thioether (sulfide) groups is 1. The van der Waals surface area contributed by atoms with E-state index in [-0.39, 0.29) is 11.6 Å². The van der Waals surface area contributed by atoms with E-state index in [9.17, 15) is 9.18 Å². The van der Waals surface area contributed by atoms with Crippen LogP contribution in [0.3, 0.4) is 0 Å². The summed E-state index contributed by atoms with van der Waals surface area (Å²) in [6.45, 7) is 1.76. The molecule has 0 fully saturated rings. The minimum atomic E-state index is -0.454. The zero-order valence-corrected chi connectivity index (χ0v) is 13.9. The van der Waals surface area contributed by atoms with Crippen LogP contribution in [0.25, 0.3) is 0 Å². The summed E-state index contributed by atoms with van der Waals surface area (Å²) in [5.41, 5.74) is 0.178. The summed E-state index contributed by atoms with van der Waals surface area (Å²) in [7, 11) is 3.12. The summed E-state index contributed by atoms with van der Waals surface area (Å²) >= 11 is 1.36. The normalized spacial score (nSPS) is 11.7. The lowest BCUT2D eigenvalue weighted by molar-refractivity contribution is -0.115. The Bertz CT molecular complexity index is 693. The third-order valence-electron chi connectivity index (χ3n) is 3.17. The molecule has 0 saturated carbocycles. The van der Waals surface area contributed by atoms with Crippen LogP contribution in [-0.2, 0) is 4.79 Å². The molecule has 0 radical (unpaired) electrons. The highest BCUT2D eigenvalue weighted by Gasteiger charge is 2.17. The van der Waals surface area contributed by atoms with Gasteiger partial charge in [0.2, 0.25) is 5.91 Å². The average molecular weight is 335 g/mol. The minimum Gasteiger partial charge on any atom is -0.493 e. The van der Waals surface area contributed by atoms with E-state index in [1.165, 1.54) is 23.9 Å². The smallest absolute Gasteiger partial charge is 0.237 e. The topological polar surface area (TPSA) is 47.6 Å². The highest BCUT2D eigenvalue weighted by Crippen LogP contribution is 2.33. The number of nitrogens with one attached hydrogen (secondary N) is 1. The lowest BCUT2D eigenvalue weighted by Gasteiger charge is -2.14. The van der Waals surface area contributed by atoms with Gasteiger partial charge in [-0.25, -0.2) is 4.39 Å². The highest BCUT2D eigenvalue weighted by atomic mass is 32.2. The van der Waals surface area contributed by atoms with Crippen molar-refractivity contribution in [2.24, 2.45) is 0 Å². The van der Waals surface area contributed by atoms with E-state index in [4.69, 9.17) is 9.47 Å². The first-order valence-corrected chi connectivity index (χ1v) is 7.87. The molecule has 2 rings (SSSR count). The van der Waals surface area contributed by atoms with Crippen LogP contribution in [0.15, 0.2) is 47.4 Å². The number of para-hydroxylation sites is 1. The molecule has 0 spiro atoms. The summed E-state index contributed by atoms with van der Waals surface area (Å²) in [5, 5.41) is 2.20. The Kier molecular flexibility index (Phi) is 5.87. The number of carbonyl (C=O) groups is 1. The number of carbonyl (C=O) groups excluding carboxylic acids is 1. The molecule has 122 valence electrons. The van der Waals surface area contributed by atoms with Crippen molar-refractivity contribution in [3.63, 3.8) is 0 Å². The number of rotatable bonds is 6. The first-order valence-electron chi connectivity index (χ1n) is 6.99. The molecule has 0 heterocycles. The van der Waals surface area contributed by atoms with E-state index in [2.05, 4.69) is 5.32 Å². The summed E-state index contributed by atoms with van der Waals surface area (Å²) in [6.07, 6.45) is 0. The molecule has 6 heteroatoms. The molecule has 0 aliphatic carbocycles. The zero-order valence-electron chi connectivity index (χ0n) is 13.1. The SMILES string of the molecule is COc1ccc(S[C@@H](C)C(=O)Nc2ccccc2F)cc1OC. The maximum absolute atomic E-state index is 13.6. The van der Waals surface area contributed by atoms with Gasteiger partial charge in [0.05, 0.1) is 25.2 Å². The quantitative estimate of drug-likeness (QED) is 0.812. The third kappa shape index (κ3) is 4.39. The Morgan fingerprint density at radius 3 is 2.48 bits per heavy atom. The molecule has 1 atom stereocenters. The van der Waals surface area contributed by atoms with Gasteiger partial charge in [-0.1, -0.05) is 12.1 Å². The van der Waals surface area contributed by atoms with Crippen molar-refractivity contribution in [1.29, 1.82) is 0 Å². The van der Waals surface area contributed by atoms with Crippen molar-refractivity contribution in [2.75, 3.05) is 19.5 Å². The molecule has 23 heavy (non-hydrogen) atoms. The Labute approximate surface area is 139 Å². The van der Waals surface area contributed by atoms with Crippen LogP contribution in [0.5, 0.6) is 11.5 Å². The van der Waals surface area contributed by atoms with Gasteiger partial charge in [-0.15, -0.1) is 11.8 Å². The summed E-state index contributed by atoms with van der Waals surface area (Å²) in [4.78, 5) is 13.1. The van der Waals surface area contributed by atoms with Gasteiger partial charge in [-0.05, 0) is 37.3 Å². The second kappa shape index (κ2) is 7.87. The molecule has 1 N–H and O–H groups in total. The molecule has 1 amide bonds. The first kappa shape index (κ1) is 17.1. The van der Waals surface area contributed by atoms with Gasteiger partial charge in [0.1, 0.15) is 5.82 Å². The Morgan fingerprint density at radius 2 is 1.83 bits per heavy atom. The molecule has 4 nitrogen and oxygen atoms in total. The van der Waals surface area contributed by atoms with Crippen molar-refractivity contribution >= 4 is 23.4 Å². The van der Waals surface area contributed by atoms with Crippen molar-refractivity contribution < 1.29 is 18.7 Å². The molecule has 2 aromatic rings. The van der Waals surface area contributed by atoms with E-state index >= 15 is 0 Å². The number of halogens is 1. The first-order chi connectivity index (χ1) is 11.0. The van der Waals surface area contributed by atoms with Gasteiger partial charge in [0, 0.05) is 4.90 Å². The number of anilines is 1. The molecule has 0 aromatic heterocycles. The fourth-order valence-electron chi connectivity index (χ4n) is 1.94. The Morgan fingerprint density at radius 1 is 1.13 bits per heavy atom.